The van der Waals surface area contributed by atoms with Crippen molar-refractivity contribution in [3.8, 4) is 0 Å². The van der Waals surface area contributed by atoms with E-state index >= 15 is 0 Å². The molecule has 114 valence electrons. The van der Waals surface area contributed by atoms with Gasteiger partial charge in [-0.05, 0) is 24.5 Å². The van der Waals surface area contributed by atoms with E-state index in [0.717, 1.165) is 31.9 Å². The zero-order valence-corrected chi connectivity index (χ0v) is 12.5. The van der Waals surface area contributed by atoms with E-state index in [4.69, 9.17) is 10.5 Å². The van der Waals surface area contributed by atoms with Crippen molar-refractivity contribution >= 4 is 22.3 Å². The van der Waals surface area contributed by atoms with Crippen LogP contribution in [0.15, 0.2) is 23.3 Å². The first kappa shape index (κ1) is 15.3. The Morgan fingerprint density at radius 1 is 1.43 bits per heavy atom. The molecule has 6 nitrogen and oxygen atoms in total. The minimum absolute atomic E-state index is 0.180. The number of fused-ring (bicyclic) bond motifs is 1. The maximum Gasteiger partial charge on any atom is 0.258 e. The van der Waals surface area contributed by atoms with Gasteiger partial charge < -0.3 is 20.8 Å². The third-order valence-corrected chi connectivity index (χ3v) is 3.04. The van der Waals surface area contributed by atoms with Crippen LogP contribution in [0.4, 0.5) is 11.4 Å². The maximum atomic E-state index is 11.6. The molecule has 0 amide bonds. The Morgan fingerprint density at radius 3 is 3.00 bits per heavy atom. The molecule has 0 atom stereocenters. The number of aromatic nitrogens is 2. The predicted octanol–water partition coefficient (Wildman–Crippen LogP) is 1.98. The normalized spacial score (nSPS) is 11.2. The van der Waals surface area contributed by atoms with E-state index in [1.54, 1.807) is 12.1 Å². The monoisotopic (exact) mass is 290 g/mol. The fraction of sp³-hybridized carbons (Fsp3) is 0.467. The molecule has 0 unspecified atom stereocenters. The van der Waals surface area contributed by atoms with Crippen molar-refractivity contribution in [1.82, 2.24) is 9.97 Å². The highest BCUT2D eigenvalue weighted by atomic mass is 16.5. The van der Waals surface area contributed by atoms with Crippen molar-refractivity contribution in [3.63, 3.8) is 0 Å². The van der Waals surface area contributed by atoms with Crippen LogP contribution < -0.4 is 16.6 Å². The minimum atomic E-state index is -0.180. The molecule has 0 saturated heterocycles. The number of H-pyrrole nitrogens is 1. The van der Waals surface area contributed by atoms with Gasteiger partial charge in [-0.15, -0.1) is 0 Å². The molecule has 2 rings (SSSR count). The van der Waals surface area contributed by atoms with Crippen LogP contribution in [0.1, 0.15) is 20.3 Å². The Kier molecular flexibility index (Phi) is 5.16. The van der Waals surface area contributed by atoms with Crippen LogP contribution in [0.2, 0.25) is 0 Å². The van der Waals surface area contributed by atoms with Gasteiger partial charge in [0.05, 0.1) is 28.6 Å². The molecule has 0 bridgehead atoms. The second kappa shape index (κ2) is 7.08. The Morgan fingerprint density at radius 2 is 2.24 bits per heavy atom. The van der Waals surface area contributed by atoms with Gasteiger partial charge >= 0.3 is 0 Å². The third-order valence-electron chi connectivity index (χ3n) is 3.04. The zero-order chi connectivity index (χ0) is 15.2. The number of aromatic amines is 1. The molecule has 4 N–H and O–H groups in total. The lowest BCUT2D eigenvalue weighted by atomic mass is 10.2. The average molecular weight is 290 g/mol. The van der Waals surface area contributed by atoms with Crippen molar-refractivity contribution in [3.05, 3.63) is 28.8 Å². The number of nitrogens with two attached hydrogens (primary N) is 1. The molecule has 2 aromatic rings. The number of nitrogens with one attached hydrogen (secondary N) is 2. The van der Waals surface area contributed by atoms with Crippen LogP contribution in [0.3, 0.4) is 0 Å². The van der Waals surface area contributed by atoms with Crippen LogP contribution >= 0.6 is 0 Å². The summed E-state index contributed by atoms with van der Waals surface area (Å²) in [5.41, 5.74) is 7.75. The largest absolute Gasteiger partial charge is 0.397 e. The summed E-state index contributed by atoms with van der Waals surface area (Å²) >= 11 is 0. The van der Waals surface area contributed by atoms with Crippen LogP contribution in [0.25, 0.3) is 10.9 Å². The molecular formula is C15H22N4O2. The second-order valence-electron chi connectivity index (χ2n) is 5.44. The molecule has 0 fully saturated rings. The van der Waals surface area contributed by atoms with Crippen LogP contribution in [-0.2, 0) is 4.74 Å². The van der Waals surface area contributed by atoms with Gasteiger partial charge in [0.25, 0.3) is 5.56 Å². The molecule has 0 aliphatic carbocycles. The summed E-state index contributed by atoms with van der Waals surface area (Å²) in [4.78, 5) is 18.3. The first-order chi connectivity index (χ1) is 10.1. The summed E-state index contributed by atoms with van der Waals surface area (Å²) in [5, 5.41) is 3.76. The highest BCUT2D eigenvalue weighted by molar-refractivity contribution is 5.88. The molecule has 1 heterocycles. The van der Waals surface area contributed by atoms with Crippen LogP contribution in [0, 0.1) is 5.92 Å². The van der Waals surface area contributed by atoms with Crippen LogP contribution in [0.5, 0.6) is 0 Å². The number of rotatable bonds is 7. The van der Waals surface area contributed by atoms with Gasteiger partial charge in [-0.2, -0.15) is 0 Å². The smallest absolute Gasteiger partial charge is 0.258 e. The molecule has 0 aliphatic rings. The molecule has 6 heteroatoms. The van der Waals surface area contributed by atoms with E-state index in [1.165, 1.54) is 6.33 Å². The Bertz CT molecular complexity index is 652. The molecule has 0 radical (unpaired) electrons. The molecule has 1 aromatic carbocycles. The standard InChI is InChI=1S/C15H22N4O2/c1-10(2)8-21-5-3-4-17-14-7-13-11(6-12(14)16)15(20)19-9-18-13/h6-7,9-10,17H,3-5,8,16H2,1-2H3,(H,18,19,20). The summed E-state index contributed by atoms with van der Waals surface area (Å²) in [6.07, 6.45) is 2.29. The topological polar surface area (TPSA) is 93.0 Å². The van der Waals surface area contributed by atoms with Crippen LogP contribution in [-0.4, -0.2) is 29.7 Å². The van der Waals surface area contributed by atoms with E-state index in [2.05, 4.69) is 29.1 Å². The number of benzene rings is 1. The number of hydrogen-bond donors (Lipinski definition) is 3. The van der Waals surface area contributed by atoms with Crippen molar-refractivity contribution in [1.29, 1.82) is 0 Å². The van der Waals surface area contributed by atoms with Crippen molar-refractivity contribution in [2.75, 3.05) is 30.8 Å². The van der Waals surface area contributed by atoms with E-state index in [-0.39, 0.29) is 5.56 Å². The van der Waals surface area contributed by atoms with E-state index in [0.29, 0.717) is 22.5 Å². The second-order valence-corrected chi connectivity index (χ2v) is 5.44. The summed E-state index contributed by atoms with van der Waals surface area (Å²) in [7, 11) is 0. The average Bonchev–Trinajstić information content (AvgIpc) is 2.44. The molecular weight excluding hydrogens is 268 g/mol. The lowest BCUT2D eigenvalue weighted by Gasteiger charge is -2.11. The van der Waals surface area contributed by atoms with E-state index < -0.39 is 0 Å². The van der Waals surface area contributed by atoms with Crippen molar-refractivity contribution in [2.45, 2.75) is 20.3 Å². The molecule has 1 aromatic heterocycles. The van der Waals surface area contributed by atoms with Gasteiger partial charge in [-0.25, -0.2) is 4.98 Å². The minimum Gasteiger partial charge on any atom is -0.397 e. The van der Waals surface area contributed by atoms with Crippen molar-refractivity contribution < 1.29 is 4.74 Å². The SMILES string of the molecule is CC(C)COCCCNc1cc2nc[nH]c(=O)c2cc1N. The molecule has 0 saturated carbocycles. The zero-order valence-electron chi connectivity index (χ0n) is 12.5. The van der Waals surface area contributed by atoms with Gasteiger partial charge in [0.15, 0.2) is 0 Å². The van der Waals surface area contributed by atoms with Gasteiger partial charge in [-0.1, -0.05) is 13.8 Å². The van der Waals surface area contributed by atoms with E-state index in [1.807, 2.05) is 0 Å². The fourth-order valence-corrected chi connectivity index (χ4v) is 2.00. The van der Waals surface area contributed by atoms with Gasteiger partial charge in [0, 0.05) is 19.8 Å². The highest BCUT2D eigenvalue weighted by Gasteiger charge is 2.05. The highest BCUT2D eigenvalue weighted by Crippen LogP contribution is 2.22. The lowest BCUT2D eigenvalue weighted by Crippen LogP contribution is -2.11. The van der Waals surface area contributed by atoms with Gasteiger partial charge in [-0.3, -0.25) is 4.79 Å². The fourth-order valence-electron chi connectivity index (χ4n) is 2.00. The Balaban J connectivity index is 1.93. The lowest BCUT2D eigenvalue weighted by molar-refractivity contribution is 0.110. The Hall–Kier alpha value is -2.08. The number of anilines is 2. The first-order valence-corrected chi connectivity index (χ1v) is 7.16. The maximum absolute atomic E-state index is 11.6. The molecule has 0 aliphatic heterocycles. The molecule has 0 spiro atoms. The summed E-state index contributed by atoms with van der Waals surface area (Å²) in [6.45, 7) is 6.52. The third kappa shape index (κ3) is 4.19. The first-order valence-electron chi connectivity index (χ1n) is 7.16. The van der Waals surface area contributed by atoms with Gasteiger partial charge in [0.2, 0.25) is 0 Å². The summed E-state index contributed by atoms with van der Waals surface area (Å²) in [6, 6.07) is 3.45. The number of ether oxygens (including phenoxy) is 1. The number of hydrogen-bond acceptors (Lipinski definition) is 5. The summed E-state index contributed by atoms with van der Waals surface area (Å²) in [5.74, 6) is 0.554. The summed E-state index contributed by atoms with van der Waals surface area (Å²) < 4.78 is 5.52. The quantitative estimate of drug-likeness (QED) is 0.535. The molecule has 21 heavy (non-hydrogen) atoms. The van der Waals surface area contributed by atoms with E-state index in [9.17, 15) is 4.79 Å². The number of nitrogen functional groups attached to an aromatic ring is 1. The number of nitrogens with zero attached hydrogens (tertiary/aromatic N) is 1. The van der Waals surface area contributed by atoms with Gasteiger partial charge in [0.1, 0.15) is 0 Å². The Labute approximate surface area is 123 Å². The predicted molar refractivity (Wildman–Crippen MR) is 85.5 cm³/mol. The van der Waals surface area contributed by atoms with Crippen molar-refractivity contribution in [2.24, 2.45) is 5.92 Å².